The lowest BCUT2D eigenvalue weighted by molar-refractivity contribution is -0.134. The molecule has 0 atom stereocenters. The summed E-state index contributed by atoms with van der Waals surface area (Å²) in [5, 5.41) is 14.3. The molecule has 0 aliphatic carbocycles. The molecule has 11 nitrogen and oxygen atoms in total. The van der Waals surface area contributed by atoms with Crippen molar-refractivity contribution in [3.63, 3.8) is 0 Å². The average Bonchev–Trinajstić information content (AvgIpc) is 3.54. The summed E-state index contributed by atoms with van der Waals surface area (Å²) >= 11 is 0. The fourth-order valence-electron chi connectivity index (χ4n) is 4.43. The number of esters is 1. The van der Waals surface area contributed by atoms with Crippen LogP contribution in [-0.2, 0) is 16.1 Å². The van der Waals surface area contributed by atoms with Crippen molar-refractivity contribution in [1.82, 2.24) is 35.5 Å². The number of tetrazole rings is 1. The van der Waals surface area contributed by atoms with Gasteiger partial charge in [0.05, 0.1) is 0 Å². The summed E-state index contributed by atoms with van der Waals surface area (Å²) < 4.78 is 5.37. The molecule has 0 unspecified atom stereocenters. The Morgan fingerprint density at radius 2 is 1.73 bits per heavy atom. The molecule has 2 aromatic carbocycles. The van der Waals surface area contributed by atoms with Gasteiger partial charge in [-0.2, -0.15) is 0 Å². The normalized spacial score (nSPS) is 10.8. The Morgan fingerprint density at radius 3 is 2.40 bits per heavy atom. The van der Waals surface area contributed by atoms with Crippen LogP contribution in [0.4, 0.5) is 5.82 Å². The molecule has 2 heterocycles. The molecule has 0 aliphatic heterocycles. The van der Waals surface area contributed by atoms with Crippen LogP contribution in [0, 0.1) is 0 Å². The zero-order valence-corrected chi connectivity index (χ0v) is 23.1. The Morgan fingerprint density at radius 1 is 0.975 bits per heavy atom. The number of nitrogens with one attached hydrogen (secondary N) is 1. The van der Waals surface area contributed by atoms with Crippen LogP contribution in [0.1, 0.15) is 49.5 Å². The van der Waals surface area contributed by atoms with Crippen LogP contribution >= 0.6 is 0 Å². The third-order valence-corrected chi connectivity index (χ3v) is 6.60. The minimum absolute atomic E-state index is 0.233. The lowest BCUT2D eigenvalue weighted by Gasteiger charge is -2.25. The molecule has 0 aliphatic rings. The molecule has 0 saturated heterocycles. The van der Waals surface area contributed by atoms with Crippen LogP contribution in [0.5, 0.6) is 0 Å². The fraction of sp³-hybridized carbons (Fsp3) is 0.345. The molecule has 0 saturated carbocycles. The minimum atomic E-state index is -0.619. The fourth-order valence-corrected chi connectivity index (χ4v) is 4.43. The Hall–Kier alpha value is -4.67. The van der Waals surface area contributed by atoms with Gasteiger partial charge in [0.15, 0.2) is 12.4 Å². The SMILES string of the molecule is CCCCN(Cc1ccc(-c2ccccc2-c2nnn[nH]2)cc1)c1ncncc1C(=O)OCC(=O)N(CC)CC. The number of benzene rings is 2. The number of aromatic nitrogens is 6. The number of hydrogen-bond donors (Lipinski definition) is 1. The van der Waals surface area contributed by atoms with Crippen molar-refractivity contribution in [1.29, 1.82) is 0 Å². The number of anilines is 1. The molecule has 0 bridgehead atoms. The standard InChI is InChI=1S/C29H34N8O3/c1-4-7-16-37(28-25(17-30-20-31-28)29(39)40-19-26(38)36(5-2)6-3)18-21-12-14-22(15-13-21)23-10-8-9-11-24(23)27-32-34-35-33-27/h8-15,17,20H,4-7,16,18-19H2,1-3H3,(H,32,33,34,35). The third-order valence-electron chi connectivity index (χ3n) is 6.60. The van der Waals surface area contributed by atoms with Crippen molar-refractivity contribution in [2.24, 2.45) is 0 Å². The van der Waals surface area contributed by atoms with Crippen molar-refractivity contribution in [2.75, 3.05) is 31.1 Å². The third kappa shape index (κ3) is 6.85. The number of ether oxygens (including phenoxy) is 1. The molecule has 11 heteroatoms. The highest BCUT2D eigenvalue weighted by molar-refractivity contribution is 5.95. The highest BCUT2D eigenvalue weighted by Crippen LogP contribution is 2.30. The second-order valence-corrected chi connectivity index (χ2v) is 9.17. The summed E-state index contributed by atoms with van der Waals surface area (Å²) in [6.45, 7) is 7.89. The number of amides is 1. The molecule has 1 N–H and O–H groups in total. The quantitative estimate of drug-likeness (QED) is 0.248. The van der Waals surface area contributed by atoms with Crippen LogP contribution in [-0.4, -0.2) is 73.6 Å². The maximum Gasteiger partial charge on any atom is 0.344 e. The number of nitrogens with zero attached hydrogens (tertiary/aromatic N) is 7. The smallest absolute Gasteiger partial charge is 0.344 e. The second kappa shape index (κ2) is 13.9. The van der Waals surface area contributed by atoms with Gasteiger partial charge in [0, 0.05) is 37.9 Å². The Balaban J connectivity index is 1.54. The van der Waals surface area contributed by atoms with E-state index in [0.717, 1.165) is 35.1 Å². The summed E-state index contributed by atoms with van der Waals surface area (Å²) in [6.07, 6.45) is 4.76. The second-order valence-electron chi connectivity index (χ2n) is 9.17. The van der Waals surface area contributed by atoms with Crippen molar-refractivity contribution in [2.45, 2.75) is 40.2 Å². The molecule has 1 amide bonds. The van der Waals surface area contributed by atoms with E-state index >= 15 is 0 Å². The van der Waals surface area contributed by atoms with Gasteiger partial charge >= 0.3 is 5.97 Å². The summed E-state index contributed by atoms with van der Waals surface area (Å²) in [4.78, 5) is 37.5. The number of aromatic amines is 1. The molecule has 40 heavy (non-hydrogen) atoms. The first kappa shape index (κ1) is 28.3. The van der Waals surface area contributed by atoms with Crippen LogP contribution in [0.25, 0.3) is 22.5 Å². The zero-order chi connectivity index (χ0) is 28.3. The van der Waals surface area contributed by atoms with E-state index in [1.807, 2.05) is 38.1 Å². The number of likely N-dealkylation sites (N-methyl/N-ethyl adjacent to an activating group) is 1. The van der Waals surface area contributed by atoms with E-state index in [9.17, 15) is 9.59 Å². The van der Waals surface area contributed by atoms with Gasteiger partial charge in [-0.1, -0.05) is 61.9 Å². The number of hydrogen-bond acceptors (Lipinski definition) is 9. The van der Waals surface area contributed by atoms with Crippen LogP contribution < -0.4 is 4.90 Å². The molecule has 4 rings (SSSR count). The highest BCUT2D eigenvalue weighted by atomic mass is 16.5. The van der Waals surface area contributed by atoms with Crippen molar-refractivity contribution in [3.05, 3.63) is 72.2 Å². The molecular formula is C29H34N8O3. The monoisotopic (exact) mass is 542 g/mol. The van der Waals surface area contributed by atoms with Gasteiger partial charge in [-0.05, 0) is 47.4 Å². The maximum absolute atomic E-state index is 13.0. The maximum atomic E-state index is 13.0. The Labute approximate surface area is 233 Å². The highest BCUT2D eigenvalue weighted by Gasteiger charge is 2.22. The summed E-state index contributed by atoms with van der Waals surface area (Å²) in [7, 11) is 0. The number of H-pyrrole nitrogens is 1. The lowest BCUT2D eigenvalue weighted by Crippen LogP contribution is -2.34. The van der Waals surface area contributed by atoms with Gasteiger partial charge in [0.25, 0.3) is 5.91 Å². The lowest BCUT2D eigenvalue weighted by atomic mass is 9.98. The number of carbonyl (C=O) groups excluding carboxylic acids is 2. The first-order chi connectivity index (χ1) is 19.5. The zero-order valence-electron chi connectivity index (χ0n) is 23.1. The first-order valence-electron chi connectivity index (χ1n) is 13.5. The van der Waals surface area contributed by atoms with E-state index in [-0.39, 0.29) is 18.1 Å². The van der Waals surface area contributed by atoms with E-state index in [1.165, 1.54) is 12.5 Å². The van der Waals surface area contributed by atoms with Crippen molar-refractivity contribution >= 4 is 17.7 Å². The molecule has 0 radical (unpaired) electrons. The molecule has 0 spiro atoms. The Kier molecular flexibility index (Phi) is 9.87. The van der Waals surface area contributed by atoms with E-state index in [1.54, 1.807) is 4.90 Å². The van der Waals surface area contributed by atoms with Crippen LogP contribution in [0.2, 0.25) is 0 Å². The number of unbranched alkanes of at least 4 members (excludes halogenated alkanes) is 1. The van der Waals surface area contributed by atoms with E-state index < -0.39 is 5.97 Å². The largest absolute Gasteiger partial charge is 0.452 e. The van der Waals surface area contributed by atoms with Gasteiger partial charge in [-0.3, -0.25) is 4.79 Å². The van der Waals surface area contributed by atoms with Gasteiger partial charge in [-0.15, -0.1) is 5.10 Å². The van der Waals surface area contributed by atoms with Gasteiger partial charge in [-0.25, -0.2) is 19.9 Å². The first-order valence-corrected chi connectivity index (χ1v) is 13.5. The van der Waals surface area contributed by atoms with Gasteiger partial charge in [0.1, 0.15) is 17.7 Å². The predicted molar refractivity (Wildman–Crippen MR) is 151 cm³/mol. The number of rotatable bonds is 13. The van der Waals surface area contributed by atoms with Crippen molar-refractivity contribution < 1.29 is 14.3 Å². The molecule has 208 valence electrons. The summed E-state index contributed by atoms with van der Waals surface area (Å²) in [5.41, 5.74) is 4.23. The van der Waals surface area contributed by atoms with Gasteiger partial charge in [0.2, 0.25) is 0 Å². The predicted octanol–water partition coefficient (Wildman–Crippen LogP) is 4.16. The number of carbonyl (C=O) groups is 2. The van der Waals surface area contributed by atoms with Crippen LogP contribution in [0.15, 0.2) is 61.1 Å². The molecule has 4 aromatic rings. The average molecular weight is 543 g/mol. The molecule has 0 fully saturated rings. The summed E-state index contributed by atoms with van der Waals surface area (Å²) in [6, 6.07) is 16.2. The summed E-state index contributed by atoms with van der Waals surface area (Å²) in [5.74, 6) is 0.232. The Bertz CT molecular complexity index is 1390. The van der Waals surface area contributed by atoms with E-state index in [2.05, 4.69) is 66.7 Å². The van der Waals surface area contributed by atoms with Crippen molar-refractivity contribution in [3.8, 4) is 22.5 Å². The van der Waals surface area contributed by atoms with E-state index in [0.29, 0.717) is 37.8 Å². The van der Waals surface area contributed by atoms with Gasteiger partial charge < -0.3 is 14.5 Å². The van der Waals surface area contributed by atoms with E-state index in [4.69, 9.17) is 4.74 Å². The molecule has 2 aromatic heterocycles. The minimum Gasteiger partial charge on any atom is -0.452 e. The topological polar surface area (TPSA) is 130 Å². The van der Waals surface area contributed by atoms with Crippen LogP contribution in [0.3, 0.4) is 0 Å². The molecular weight excluding hydrogens is 508 g/mol.